The second kappa shape index (κ2) is 3.42. The van der Waals surface area contributed by atoms with Gasteiger partial charge in [-0.3, -0.25) is 10.1 Å². The van der Waals surface area contributed by atoms with Crippen LogP contribution in [0.3, 0.4) is 0 Å². The maximum atomic E-state index is 11.5. The van der Waals surface area contributed by atoms with Crippen LogP contribution in [0.25, 0.3) is 0 Å². The van der Waals surface area contributed by atoms with E-state index in [-0.39, 0.29) is 25.9 Å². The highest BCUT2D eigenvalue weighted by molar-refractivity contribution is 7.88. The highest BCUT2D eigenvalue weighted by Crippen LogP contribution is 2.30. The van der Waals surface area contributed by atoms with Gasteiger partial charge in [-0.05, 0) is 0 Å². The molecule has 1 N–H and O–H groups in total. The molecule has 0 unspecified atom stereocenters. The van der Waals surface area contributed by atoms with Crippen LogP contribution in [-0.2, 0) is 19.6 Å². The Morgan fingerprint density at radius 2 is 1.88 bits per heavy atom. The van der Waals surface area contributed by atoms with Gasteiger partial charge in [0.25, 0.3) is 5.91 Å². The summed E-state index contributed by atoms with van der Waals surface area (Å²) in [5, 5.41) is 2.06. The number of imide groups is 1. The van der Waals surface area contributed by atoms with E-state index < -0.39 is 27.6 Å². The van der Waals surface area contributed by atoms with Crippen LogP contribution in [0.2, 0.25) is 0 Å². The molecule has 90 valence electrons. The van der Waals surface area contributed by atoms with Crippen molar-refractivity contribution in [3.8, 4) is 0 Å². The zero-order valence-corrected chi connectivity index (χ0v) is 9.54. The molecule has 2 amide bonds. The SMILES string of the molecule is CS(=O)(=O)N1CCC2(CC1)OC(=O)NC2=O. The van der Waals surface area contributed by atoms with Gasteiger partial charge in [-0.25, -0.2) is 17.5 Å². The summed E-state index contributed by atoms with van der Waals surface area (Å²) >= 11 is 0. The molecule has 0 aromatic rings. The molecule has 0 aliphatic carbocycles. The molecule has 8 heteroatoms. The molecule has 0 radical (unpaired) electrons. The number of piperidine rings is 1. The summed E-state index contributed by atoms with van der Waals surface area (Å²) < 4.78 is 28.7. The van der Waals surface area contributed by atoms with E-state index in [0.717, 1.165) is 6.26 Å². The number of rotatable bonds is 1. The van der Waals surface area contributed by atoms with Gasteiger partial charge in [-0.15, -0.1) is 0 Å². The highest BCUT2D eigenvalue weighted by atomic mass is 32.2. The topological polar surface area (TPSA) is 92.8 Å². The summed E-state index contributed by atoms with van der Waals surface area (Å²) in [7, 11) is -3.24. The van der Waals surface area contributed by atoms with Gasteiger partial charge >= 0.3 is 6.09 Å². The summed E-state index contributed by atoms with van der Waals surface area (Å²) in [6.07, 6.45) is 0.777. The first-order chi connectivity index (χ1) is 7.33. The number of alkyl carbamates (subject to hydrolysis) is 1. The Balaban J connectivity index is 2.11. The number of hydrogen-bond acceptors (Lipinski definition) is 5. The lowest BCUT2D eigenvalue weighted by Gasteiger charge is -2.34. The molecular formula is C8H12N2O5S. The number of carbonyl (C=O) groups excluding carboxylic acids is 2. The minimum Gasteiger partial charge on any atom is -0.432 e. The fraction of sp³-hybridized carbons (Fsp3) is 0.750. The zero-order chi connectivity index (χ0) is 12.0. The van der Waals surface area contributed by atoms with Crippen LogP contribution in [0.1, 0.15) is 12.8 Å². The fourth-order valence-corrected chi connectivity index (χ4v) is 2.81. The first-order valence-corrected chi connectivity index (χ1v) is 6.68. The second-order valence-corrected chi connectivity index (χ2v) is 5.98. The Bertz CT molecular complexity index is 435. The molecule has 0 bridgehead atoms. The third-order valence-corrected chi connectivity index (χ3v) is 4.22. The van der Waals surface area contributed by atoms with E-state index >= 15 is 0 Å². The van der Waals surface area contributed by atoms with Crippen LogP contribution in [0.5, 0.6) is 0 Å². The average Bonchev–Trinajstić information content (AvgIpc) is 2.41. The summed E-state index contributed by atoms with van der Waals surface area (Å²) in [4.78, 5) is 22.4. The number of carbonyl (C=O) groups is 2. The van der Waals surface area contributed by atoms with Gasteiger partial charge in [-0.1, -0.05) is 0 Å². The first-order valence-electron chi connectivity index (χ1n) is 4.83. The zero-order valence-electron chi connectivity index (χ0n) is 8.73. The minimum atomic E-state index is -3.24. The Morgan fingerprint density at radius 1 is 1.31 bits per heavy atom. The molecule has 2 saturated heterocycles. The van der Waals surface area contributed by atoms with Crippen molar-refractivity contribution in [1.82, 2.24) is 9.62 Å². The Kier molecular flexibility index (Phi) is 2.43. The molecule has 2 aliphatic heterocycles. The summed E-state index contributed by atoms with van der Waals surface area (Å²) in [5.41, 5.74) is -1.15. The molecule has 16 heavy (non-hydrogen) atoms. The van der Waals surface area contributed by atoms with E-state index in [4.69, 9.17) is 4.74 Å². The monoisotopic (exact) mass is 248 g/mol. The lowest BCUT2D eigenvalue weighted by molar-refractivity contribution is -0.134. The quantitative estimate of drug-likeness (QED) is 0.645. The van der Waals surface area contributed by atoms with Gasteiger partial charge in [-0.2, -0.15) is 0 Å². The third kappa shape index (κ3) is 1.78. The number of sulfonamides is 1. The van der Waals surface area contributed by atoms with E-state index in [1.165, 1.54) is 4.31 Å². The molecule has 2 fully saturated rings. The summed E-state index contributed by atoms with van der Waals surface area (Å²) in [5.74, 6) is -0.467. The van der Waals surface area contributed by atoms with Crippen molar-refractivity contribution in [2.75, 3.05) is 19.3 Å². The lowest BCUT2D eigenvalue weighted by atomic mass is 9.92. The number of nitrogens with zero attached hydrogens (tertiary/aromatic N) is 1. The molecule has 2 rings (SSSR count). The van der Waals surface area contributed by atoms with Gasteiger partial charge in [0.05, 0.1) is 6.26 Å². The van der Waals surface area contributed by atoms with Crippen LogP contribution in [0.15, 0.2) is 0 Å². The number of hydrogen-bond donors (Lipinski definition) is 1. The van der Waals surface area contributed by atoms with Gasteiger partial charge in [0, 0.05) is 25.9 Å². The van der Waals surface area contributed by atoms with Gasteiger partial charge in [0.15, 0.2) is 5.60 Å². The number of nitrogens with one attached hydrogen (secondary N) is 1. The van der Waals surface area contributed by atoms with Gasteiger partial charge in [0.1, 0.15) is 0 Å². The molecule has 2 heterocycles. The predicted molar refractivity (Wildman–Crippen MR) is 53.0 cm³/mol. The van der Waals surface area contributed by atoms with Crippen molar-refractivity contribution >= 4 is 22.0 Å². The molecule has 0 saturated carbocycles. The standard InChI is InChI=1S/C8H12N2O5S/c1-16(13,14)10-4-2-8(3-5-10)6(11)9-7(12)15-8/h2-5H2,1H3,(H,9,11,12). The van der Waals surface area contributed by atoms with Gasteiger partial charge < -0.3 is 4.74 Å². The molecule has 0 atom stereocenters. The second-order valence-electron chi connectivity index (χ2n) is 4.00. The minimum absolute atomic E-state index is 0.194. The molecule has 0 aromatic carbocycles. The summed E-state index contributed by atoms with van der Waals surface area (Å²) in [6, 6.07) is 0. The van der Waals surface area contributed by atoms with Crippen molar-refractivity contribution in [2.24, 2.45) is 0 Å². The van der Waals surface area contributed by atoms with E-state index in [1.807, 2.05) is 0 Å². The number of ether oxygens (including phenoxy) is 1. The van der Waals surface area contributed by atoms with Crippen LogP contribution >= 0.6 is 0 Å². The number of amides is 2. The molecule has 1 spiro atoms. The van der Waals surface area contributed by atoms with Crippen molar-refractivity contribution in [1.29, 1.82) is 0 Å². The molecule has 2 aliphatic rings. The fourth-order valence-electron chi connectivity index (χ4n) is 1.96. The van der Waals surface area contributed by atoms with Crippen molar-refractivity contribution < 1.29 is 22.7 Å². The van der Waals surface area contributed by atoms with E-state index in [9.17, 15) is 18.0 Å². The first kappa shape index (κ1) is 11.3. The lowest BCUT2D eigenvalue weighted by Crippen LogP contribution is -2.50. The van der Waals surface area contributed by atoms with E-state index in [2.05, 4.69) is 5.32 Å². The smallest absolute Gasteiger partial charge is 0.415 e. The normalized spacial score (nSPS) is 25.6. The third-order valence-electron chi connectivity index (χ3n) is 2.92. The Morgan fingerprint density at radius 3 is 2.25 bits per heavy atom. The van der Waals surface area contributed by atoms with Crippen LogP contribution in [0.4, 0.5) is 4.79 Å². The maximum Gasteiger partial charge on any atom is 0.415 e. The van der Waals surface area contributed by atoms with Crippen molar-refractivity contribution in [3.63, 3.8) is 0 Å². The van der Waals surface area contributed by atoms with Crippen molar-refractivity contribution in [2.45, 2.75) is 18.4 Å². The predicted octanol–water partition coefficient (Wildman–Crippen LogP) is -0.953. The van der Waals surface area contributed by atoms with E-state index in [0.29, 0.717) is 0 Å². The van der Waals surface area contributed by atoms with Crippen LogP contribution in [0, 0.1) is 0 Å². The molecule has 7 nitrogen and oxygen atoms in total. The van der Waals surface area contributed by atoms with Crippen LogP contribution in [-0.4, -0.2) is 49.7 Å². The summed E-state index contributed by atoms with van der Waals surface area (Å²) in [6.45, 7) is 0.388. The van der Waals surface area contributed by atoms with Crippen molar-refractivity contribution in [3.05, 3.63) is 0 Å². The maximum absolute atomic E-state index is 11.5. The highest BCUT2D eigenvalue weighted by Gasteiger charge is 2.51. The molecule has 0 aromatic heterocycles. The largest absolute Gasteiger partial charge is 0.432 e. The average molecular weight is 248 g/mol. The van der Waals surface area contributed by atoms with Gasteiger partial charge in [0.2, 0.25) is 10.0 Å². The Labute approximate surface area is 92.8 Å². The van der Waals surface area contributed by atoms with Crippen LogP contribution < -0.4 is 5.32 Å². The molecular weight excluding hydrogens is 236 g/mol. The Hall–Kier alpha value is -1.15. The van der Waals surface area contributed by atoms with E-state index in [1.54, 1.807) is 0 Å².